The van der Waals surface area contributed by atoms with Crippen LogP contribution in [0.5, 0.6) is 0 Å². The minimum Gasteiger partial charge on any atom is -0.343 e. The van der Waals surface area contributed by atoms with Gasteiger partial charge in [-0.25, -0.2) is 0 Å². The van der Waals surface area contributed by atoms with Crippen molar-refractivity contribution in [2.45, 2.75) is 51.2 Å². The number of likely N-dealkylation sites (tertiary alicyclic amines) is 1. The summed E-state index contributed by atoms with van der Waals surface area (Å²) in [5.74, 6) is -1.35. The van der Waals surface area contributed by atoms with Crippen molar-refractivity contribution in [3.8, 4) is 0 Å². The van der Waals surface area contributed by atoms with Crippen LogP contribution in [0.15, 0.2) is 0 Å². The standard InChI is InChI=1S/C12H21F3N2O/c1-11(2,16)6-3-10(18)17-7-4-9(5-8-17)12(13,14)15/h9H,3-8,16H2,1-2H3. The Bertz CT molecular complexity index is 289. The molecule has 0 atom stereocenters. The predicted molar refractivity (Wildman–Crippen MR) is 62.9 cm³/mol. The summed E-state index contributed by atoms with van der Waals surface area (Å²) in [6, 6.07) is 0. The van der Waals surface area contributed by atoms with Gasteiger partial charge in [0.1, 0.15) is 0 Å². The van der Waals surface area contributed by atoms with Crippen molar-refractivity contribution in [3.05, 3.63) is 0 Å². The summed E-state index contributed by atoms with van der Waals surface area (Å²) in [5.41, 5.74) is 5.36. The highest BCUT2D eigenvalue weighted by Crippen LogP contribution is 2.34. The fraction of sp³-hybridized carbons (Fsp3) is 0.917. The lowest BCUT2D eigenvalue weighted by atomic mass is 9.95. The maximum Gasteiger partial charge on any atom is 0.391 e. The summed E-state index contributed by atoms with van der Waals surface area (Å²) >= 11 is 0. The van der Waals surface area contributed by atoms with E-state index in [1.807, 2.05) is 13.8 Å². The average molecular weight is 266 g/mol. The maximum absolute atomic E-state index is 12.5. The van der Waals surface area contributed by atoms with E-state index in [-0.39, 0.29) is 31.8 Å². The molecular weight excluding hydrogens is 245 g/mol. The molecular formula is C12H21F3N2O. The molecule has 106 valence electrons. The second-order valence-corrected chi connectivity index (χ2v) is 5.69. The zero-order chi connectivity index (χ0) is 14.0. The van der Waals surface area contributed by atoms with Gasteiger partial charge in [-0.2, -0.15) is 13.2 Å². The smallest absolute Gasteiger partial charge is 0.343 e. The first-order valence-electron chi connectivity index (χ1n) is 6.23. The Morgan fingerprint density at radius 3 is 2.17 bits per heavy atom. The molecule has 18 heavy (non-hydrogen) atoms. The third-order valence-electron chi connectivity index (χ3n) is 3.29. The fourth-order valence-electron chi connectivity index (χ4n) is 2.04. The van der Waals surface area contributed by atoms with Gasteiger partial charge in [-0.1, -0.05) is 0 Å². The van der Waals surface area contributed by atoms with Crippen molar-refractivity contribution >= 4 is 5.91 Å². The molecule has 1 saturated heterocycles. The quantitative estimate of drug-likeness (QED) is 0.852. The van der Waals surface area contributed by atoms with E-state index in [2.05, 4.69) is 0 Å². The van der Waals surface area contributed by atoms with E-state index >= 15 is 0 Å². The van der Waals surface area contributed by atoms with Gasteiger partial charge < -0.3 is 10.6 Å². The zero-order valence-corrected chi connectivity index (χ0v) is 10.9. The molecule has 1 heterocycles. The van der Waals surface area contributed by atoms with Crippen LogP contribution >= 0.6 is 0 Å². The van der Waals surface area contributed by atoms with Crippen LogP contribution in [0.25, 0.3) is 0 Å². The lowest BCUT2D eigenvalue weighted by molar-refractivity contribution is -0.186. The van der Waals surface area contributed by atoms with Crippen LogP contribution < -0.4 is 5.73 Å². The Balaban J connectivity index is 2.37. The van der Waals surface area contributed by atoms with E-state index in [1.54, 1.807) is 0 Å². The Labute approximate surface area is 106 Å². The predicted octanol–water partition coefficient (Wildman–Crippen LogP) is 2.30. The van der Waals surface area contributed by atoms with Crippen molar-refractivity contribution < 1.29 is 18.0 Å². The molecule has 0 bridgehead atoms. The van der Waals surface area contributed by atoms with E-state index < -0.39 is 17.6 Å². The van der Waals surface area contributed by atoms with Gasteiger partial charge in [0.05, 0.1) is 5.92 Å². The topological polar surface area (TPSA) is 46.3 Å². The van der Waals surface area contributed by atoms with Gasteiger partial charge in [-0.05, 0) is 33.1 Å². The van der Waals surface area contributed by atoms with Crippen LogP contribution in [0, 0.1) is 5.92 Å². The van der Waals surface area contributed by atoms with Gasteiger partial charge in [0.2, 0.25) is 5.91 Å². The number of alkyl halides is 3. The van der Waals surface area contributed by atoms with E-state index in [0.717, 1.165) is 0 Å². The second-order valence-electron chi connectivity index (χ2n) is 5.69. The van der Waals surface area contributed by atoms with Crippen molar-refractivity contribution in [2.75, 3.05) is 13.1 Å². The first-order valence-corrected chi connectivity index (χ1v) is 6.23. The molecule has 0 saturated carbocycles. The molecule has 0 aromatic heterocycles. The summed E-state index contributed by atoms with van der Waals surface area (Å²) in [6.45, 7) is 4.06. The van der Waals surface area contributed by atoms with Gasteiger partial charge in [-0.3, -0.25) is 4.79 Å². The number of rotatable bonds is 3. The number of hydrogen-bond donors (Lipinski definition) is 1. The van der Waals surface area contributed by atoms with Gasteiger partial charge in [0.25, 0.3) is 0 Å². The van der Waals surface area contributed by atoms with Crippen molar-refractivity contribution in [1.29, 1.82) is 0 Å². The minimum absolute atomic E-state index is 0.0151. The molecule has 1 fully saturated rings. The highest BCUT2D eigenvalue weighted by molar-refractivity contribution is 5.76. The zero-order valence-electron chi connectivity index (χ0n) is 10.9. The van der Waals surface area contributed by atoms with Crippen LogP contribution in [0.4, 0.5) is 13.2 Å². The molecule has 3 nitrogen and oxygen atoms in total. The third-order valence-corrected chi connectivity index (χ3v) is 3.29. The van der Waals surface area contributed by atoms with Crippen LogP contribution in [-0.4, -0.2) is 35.6 Å². The Morgan fingerprint density at radius 1 is 1.28 bits per heavy atom. The van der Waals surface area contributed by atoms with Crippen LogP contribution in [0.2, 0.25) is 0 Å². The van der Waals surface area contributed by atoms with Gasteiger partial charge >= 0.3 is 6.18 Å². The number of hydrogen-bond acceptors (Lipinski definition) is 2. The average Bonchev–Trinajstić information content (AvgIpc) is 2.24. The number of nitrogens with zero attached hydrogens (tertiary/aromatic N) is 1. The molecule has 1 aliphatic heterocycles. The maximum atomic E-state index is 12.5. The molecule has 0 spiro atoms. The fourth-order valence-corrected chi connectivity index (χ4v) is 2.04. The number of carbonyl (C=O) groups excluding carboxylic acids is 1. The second kappa shape index (κ2) is 5.47. The molecule has 0 aliphatic carbocycles. The largest absolute Gasteiger partial charge is 0.391 e. The minimum atomic E-state index is -4.13. The van der Waals surface area contributed by atoms with E-state index in [9.17, 15) is 18.0 Å². The van der Waals surface area contributed by atoms with Crippen LogP contribution in [0.3, 0.4) is 0 Å². The van der Waals surface area contributed by atoms with Crippen LogP contribution in [-0.2, 0) is 4.79 Å². The lowest BCUT2D eigenvalue weighted by Crippen LogP contribution is -2.43. The number of nitrogens with two attached hydrogens (primary N) is 1. The number of piperidine rings is 1. The van der Waals surface area contributed by atoms with Crippen LogP contribution in [0.1, 0.15) is 39.5 Å². The molecule has 2 N–H and O–H groups in total. The van der Waals surface area contributed by atoms with E-state index in [0.29, 0.717) is 12.8 Å². The Hall–Kier alpha value is -0.780. The van der Waals surface area contributed by atoms with Gasteiger partial charge in [0.15, 0.2) is 0 Å². The Kier molecular flexibility index (Phi) is 4.64. The summed E-state index contributed by atoms with van der Waals surface area (Å²) in [7, 11) is 0. The highest BCUT2D eigenvalue weighted by atomic mass is 19.4. The first kappa shape index (κ1) is 15.3. The molecule has 0 radical (unpaired) electrons. The number of halogens is 3. The molecule has 1 rings (SSSR count). The molecule has 0 unspecified atom stereocenters. The number of carbonyl (C=O) groups is 1. The summed E-state index contributed by atoms with van der Waals surface area (Å²) < 4.78 is 37.4. The normalized spacial score (nSPS) is 19.1. The van der Waals surface area contributed by atoms with Crippen molar-refractivity contribution in [3.63, 3.8) is 0 Å². The lowest BCUT2D eigenvalue weighted by Gasteiger charge is -2.33. The van der Waals surface area contributed by atoms with Crippen molar-refractivity contribution in [1.82, 2.24) is 4.90 Å². The summed E-state index contributed by atoms with van der Waals surface area (Å²) in [4.78, 5) is 13.3. The third kappa shape index (κ3) is 4.84. The summed E-state index contributed by atoms with van der Waals surface area (Å²) in [6.07, 6.45) is -3.25. The molecule has 0 aromatic carbocycles. The highest BCUT2D eigenvalue weighted by Gasteiger charge is 2.41. The summed E-state index contributed by atoms with van der Waals surface area (Å²) in [5, 5.41) is 0. The van der Waals surface area contributed by atoms with Crippen molar-refractivity contribution in [2.24, 2.45) is 11.7 Å². The molecule has 0 aromatic rings. The molecule has 1 aliphatic rings. The number of amides is 1. The molecule has 1 amide bonds. The Morgan fingerprint density at radius 2 is 1.78 bits per heavy atom. The van der Waals surface area contributed by atoms with E-state index in [4.69, 9.17) is 5.73 Å². The van der Waals surface area contributed by atoms with E-state index in [1.165, 1.54) is 4.90 Å². The monoisotopic (exact) mass is 266 g/mol. The SMILES string of the molecule is CC(C)(N)CCC(=O)N1CCC(C(F)(F)F)CC1. The van der Waals surface area contributed by atoms with Gasteiger partial charge in [0, 0.05) is 25.0 Å². The first-order chi connectivity index (χ1) is 8.09. The van der Waals surface area contributed by atoms with Gasteiger partial charge in [-0.15, -0.1) is 0 Å². The molecule has 6 heteroatoms.